The molecule has 0 aromatic carbocycles. The Kier molecular flexibility index (Phi) is 3.87. The van der Waals surface area contributed by atoms with Gasteiger partial charge in [-0.25, -0.2) is 4.98 Å². The highest BCUT2D eigenvalue weighted by Crippen LogP contribution is 2.29. The number of nitrogens with zero attached hydrogens (tertiary/aromatic N) is 3. The summed E-state index contributed by atoms with van der Waals surface area (Å²) in [7, 11) is 0. The molecule has 0 radical (unpaired) electrons. The molecule has 108 valence electrons. The molecule has 0 aliphatic rings. The molecule has 0 spiro atoms. The van der Waals surface area contributed by atoms with Crippen molar-refractivity contribution in [3.8, 4) is 10.8 Å². The molecule has 1 N–H and O–H groups in total. The van der Waals surface area contributed by atoms with Crippen molar-refractivity contribution >= 4 is 50.5 Å². The maximum Gasteiger partial charge on any atom is 0.322 e. The number of aromatic nitrogens is 3. The van der Waals surface area contributed by atoms with Crippen LogP contribution >= 0.6 is 38.6 Å². The number of aryl methyl sites for hydroxylation is 2. The number of carbonyl (C=O) groups is 1. The van der Waals surface area contributed by atoms with E-state index in [0.717, 1.165) is 19.4 Å². The fourth-order valence-electron chi connectivity index (χ4n) is 1.69. The quantitative estimate of drug-likeness (QED) is 0.740. The van der Waals surface area contributed by atoms with Crippen LogP contribution in [0.4, 0.5) is 6.01 Å². The molecule has 0 atom stereocenters. The molecular weight excluding hydrogens is 376 g/mol. The first kappa shape index (κ1) is 14.4. The van der Waals surface area contributed by atoms with E-state index < -0.39 is 0 Å². The monoisotopic (exact) mass is 384 g/mol. The summed E-state index contributed by atoms with van der Waals surface area (Å²) in [4.78, 5) is 17.7. The fraction of sp³-hybridized carbons (Fsp3) is 0.167. The molecule has 3 aromatic heterocycles. The highest BCUT2D eigenvalue weighted by Gasteiger charge is 2.17. The summed E-state index contributed by atoms with van der Waals surface area (Å²) in [5.74, 6) is 0.0823. The highest BCUT2D eigenvalue weighted by molar-refractivity contribution is 9.11. The lowest BCUT2D eigenvalue weighted by molar-refractivity contribution is 0.102. The minimum atomic E-state index is -0.280. The number of amides is 1. The Hall–Kier alpha value is -1.58. The molecule has 1 amide bonds. The van der Waals surface area contributed by atoms with Gasteiger partial charge in [0.2, 0.25) is 0 Å². The third-order valence-corrected chi connectivity index (χ3v) is 5.22. The van der Waals surface area contributed by atoms with Crippen LogP contribution in [-0.4, -0.2) is 21.1 Å². The Morgan fingerprint density at radius 2 is 2.10 bits per heavy atom. The molecule has 3 rings (SSSR count). The average molecular weight is 385 g/mol. The Labute approximate surface area is 136 Å². The summed E-state index contributed by atoms with van der Waals surface area (Å²) in [6.07, 6.45) is 0. The zero-order valence-electron chi connectivity index (χ0n) is 11.0. The minimum Gasteiger partial charge on any atom is -0.402 e. The number of carbonyl (C=O) groups excluding carboxylic acids is 1. The van der Waals surface area contributed by atoms with E-state index in [1.54, 1.807) is 6.07 Å². The Morgan fingerprint density at radius 3 is 2.71 bits per heavy atom. The molecule has 0 fully saturated rings. The molecule has 0 saturated heterocycles. The fourth-order valence-corrected chi connectivity index (χ4v) is 3.81. The van der Waals surface area contributed by atoms with Gasteiger partial charge < -0.3 is 4.42 Å². The number of hydrogen-bond acceptors (Lipinski definition) is 7. The van der Waals surface area contributed by atoms with Crippen LogP contribution in [0.2, 0.25) is 0 Å². The van der Waals surface area contributed by atoms with Crippen LogP contribution in [0.3, 0.4) is 0 Å². The van der Waals surface area contributed by atoms with Crippen LogP contribution < -0.4 is 5.32 Å². The molecule has 9 heteroatoms. The van der Waals surface area contributed by atoms with Crippen molar-refractivity contribution in [2.24, 2.45) is 0 Å². The second kappa shape index (κ2) is 5.66. The molecule has 3 aromatic rings. The molecule has 0 unspecified atom stereocenters. The van der Waals surface area contributed by atoms with Crippen LogP contribution in [0.1, 0.15) is 20.4 Å². The van der Waals surface area contributed by atoms with Gasteiger partial charge in [0.1, 0.15) is 4.88 Å². The van der Waals surface area contributed by atoms with Gasteiger partial charge in [-0.2, -0.15) is 0 Å². The summed E-state index contributed by atoms with van der Waals surface area (Å²) in [5.41, 5.74) is 0.834. The van der Waals surface area contributed by atoms with E-state index in [9.17, 15) is 4.79 Å². The largest absolute Gasteiger partial charge is 0.402 e. The zero-order valence-corrected chi connectivity index (χ0v) is 14.2. The van der Waals surface area contributed by atoms with Crippen molar-refractivity contribution < 1.29 is 9.21 Å². The van der Waals surface area contributed by atoms with Gasteiger partial charge >= 0.3 is 6.01 Å². The molecule has 0 aliphatic carbocycles. The lowest BCUT2D eigenvalue weighted by Gasteiger charge is -1.96. The maximum atomic E-state index is 12.0. The average Bonchev–Trinajstić information content (AvgIpc) is 3.10. The van der Waals surface area contributed by atoms with Crippen LogP contribution in [0.5, 0.6) is 0 Å². The summed E-state index contributed by atoms with van der Waals surface area (Å²) >= 11 is 6.12. The summed E-state index contributed by atoms with van der Waals surface area (Å²) in [6, 6.07) is 3.60. The minimum absolute atomic E-state index is 0.0741. The van der Waals surface area contributed by atoms with Crippen LogP contribution in [0, 0.1) is 13.8 Å². The smallest absolute Gasteiger partial charge is 0.322 e. The van der Waals surface area contributed by atoms with E-state index in [0.29, 0.717) is 10.8 Å². The van der Waals surface area contributed by atoms with Gasteiger partial charge in [0.15, 0.2) is 0 Å². The van der Waals surface area contributed by atoms with Crippen molar-refractivity contribution in [1.29, 1.82) is 0 Å². The number of anilines is 1. The first-order valence-electron chi connectivity index (χ1n) is 5.87. The van der Waals surface area contributed by atoms with E-state index in [1.165, 1.54) is 22.7 Å². The maximum absolute atomic E-state index is 12.0. The predicted molar refractivity (Wildman–Crippen MR) is 84.9 cm³/mol. The molecule has 0 aliphatic heterocycles. The van der Waals surface area contributed by atoms with Gasteiger partial charge in [-0.15, -0.1) is 27.8 Å². The highest BCUT2D eigenvalue weighted by atomic mass is 79.9. The van der Waals surface area contributed by atoms with Crippen LogP contribution in [0.15, 0.2) is 20.3 Å². The Bertz CT molecular complexity index is 808. The molecule has 0 bridgehead atoms. The summed E-state index contributed by atoms with van der Waals surface area (Å²) in [5, 5.41) is 11.3. The SMILES string of the molecule is Cc1nc(C)c(-c2nnc(NC(=O)c3ccc(Br)s3)o2)s1. The van der Waals surface area contributed by atoms with Crippen LogP contribution in [-0.2, 0) is 0 Å². The normalized spacial score (nSPS) is 10.8. The third-order valence-electron chi connectivity index (χ3n) is 2.54. The number of halogens is 1. The van der Waals surface area contributed by atoms with E-state index in [2.05, 4.69) is 36.4 Å². The molecule has 6 nitrogen and oxygen atoms in total. The van der Waals surface area contributed by atoms with E-state index in [4.69, 9.17) is 4.42 Å². The molecular formula is C12H9BrN4O2S2. The van der Waals surface area contributed by atoms with Gasteiger partial charge in [-0.1, -0.05) is 5.10 Å². The molecule has 21 heavy (non-hydrogen) atoms. The van der Waals surface area contributed by atoms with E-state index >= 15 is 0 Å². The second-order valence-electron chi connectivity index (χ2n) is 4.12. The van der Waals surface area contributed by atoms with Gasteiger partial charge in [-0.3, -0.25) is 10.1 Å². The van der Waals surface area contributed by atoms with E-state index in [1.807, 2.05) is 19.9 Å². The zero-order chi connectivity index (χ0) is 15.0. The predicted octanol–water partition coefficient (Wildman–Crippen LogP) is 3.89. The first-order valence-corrected chi connectivity index (χ1v) is 8.30. The Morgan fingerprint density at radius 1 is 1.29 bits per heavy atom. The van der Waals surface area contributed by atoms with Gasteiger partial charge in [-0.05, 0) is 41.9 Å². The van der Waals surface area contributed by atoms with Crippen molar-refractivity contribution in [2.45, 2.75) is 13.8 Å². The first-order chi connectivity index (χ1) is 10.0. The van der Waals surface area contributed by atoms with Crippen molar-refractivity contribution in [2.75, 3.05) is 5.32 Å². The van der Waals surface area contributed by atoms with Crippen molar-refractivity contribution in [3.63, 3.8) is 0 Å². The standard InChI is InChI=1S/C12H9BrN4O2S2/c1-5-9(20-6(2)14-5)11-16-17-12(19-11)15-10(18)7-3-4-8(13)21-7/h3-4H,1-2H3,(H,15,17,18). The number of thiophene rings is 1. The van der Waals surface area contributed by atoms with Gasteiger partial charge in [0.25, 0.3) is 11.8 Å². The number of rotatable bonds is 3. The number of hydrogen-bond donors (Lipinski definition) is 1. The molecule has 0 saturated carbocycles. The van der Waals surface area contributed by atoms with E-state index in [-0.39, 0.29) is 11.9 Å². The Balaban J connectivity index is 1.79. The topological polar surface area (TPSA) is 80.9 Å². The lowest BCUT2D eigenvalue weighted by Crippen LogP contribution is -2.10. The third kappa shape index (κ3) is 3.04. The van der Waals surface area contributed by atoms with Crippen LogP contribution in [0.25, 0.3) is 10.8 Å². The summed E-state index contributed by atoms with van der Waals surface area (Å²) < 4.78 is 6.36. The summed E-state index contributed by atoms with van der Waals surface area (Å²) in [6.45, 7) is 3.79. The van der Waals surface area contributed by atoms with Gasteiger partial charge in [0, 0.05) is 0 Å². The molecule has 3 heterocycles. The van der Waals surface area contributed by atoms with Crippen molar-refractivity contribution in [3.05, 3.63) is 31.5 Å². The number of thiazole rings is 1. The van der Waals surface area contributed by atoms with Gasteiger partial charge in [0.05, 0.1) is 19.4 Å². The number of nitrogens with one attached hydrogen (secondary N) is 1. The van der Waals surface area contributed by atoms with Crippen molar-refractivity contribution in [1.82, 2.24) is 15.2 Å². The lowest BCUT2D eigenvalue weighted by atomic mass is 10.4. The second-order valence-corrected chi connectivity index (χ2v) is 7.78.